The predicted octanol–water partition coefficient (Wildman–Crippen LogP) is 3.25. The van der Waals surface area contributed by atoms with Crippen molar-refractivity contribution in [2.24, 2.45) is 0 Å². The number of nitrogens with zero attached hydrogens (tertiary/aromatic N) is 1. The minimum Gasteiger partial charge on any atom is -0.480 e. The van der Waals surface area contributed by atoms with Gasteiger partial charge in [0, 0.05) is 47.0 Å². The van der Waals surface area contributed by atoms with Crippen molar-refractivity contribution in [3.05, 3.63) is 117 Å². The first kappa shape index (κ1) is 24.9. The van der Waals surface area contributed by atoms with Crippen LogP contribution in [0.25, 0.3) is 32.7 Å². The van der Waals surface area contributed by atoms with Crippen molar-refractivity contribution in [1.82, 2.24) is 24.8 Å². The van der Waals surface area contributed by atoms with Gasteiger partial charge in [-0.25, -0.2) is 14.2 Å². The number of carbonyl (C=O) groups is 2. The number of aromatic nitrogens is 4. The molecule has 0 saturated heterocycles. The van der Waals surface area contributed by atoms with Gasteiger partial charge in [-0.1, -0.05) is 48.5 Å². The number of nitrogens with one attached hydrogen (secondary N) is 4. The van der Waals surface area contributed by atoms with E-state index in [1.54, 1.807) is 36.7 Å². The Balaban J connectivity index is 1.41. The van der Waals surface area contributed by atoms with Crippen molar-refractivity contribution in [3.63, 3.8) is 0 Å². The Morgan fingerprint density at radius 1 is 0.750 bits per heavy atom. The van der Waals surface area contributed by atoms with Gasteiger partial charge in [0.2, 0.25) is 5.91 Å². The number of carboxylic acid groups (broad SMARTS) is 1. The van der Waals surface area contributed by atoms with Crippen LogP contribution in [0.3, 0.4) is 0 Å². The van der Waals surface area contributed by atoms with Crippen LogP contribution in [0.1, 0.15) is 17.2 Å². The van der Waals surface area contributed by atoms with Gasteiger partial charge in [0.25, 0.3) is 5.56 Å². The number of carbonyl (C=O) groups excluding carboxylic acids is 1. The molecule has 3 aromatic carbocycles. The molecule has 0 spiro atoms. The number of benzene rings is 3. The Labute approximate surface area is 226 Å². The maximum absolute atomic E-state index is 13.8. The smallest absolute Gasteiger partial charge is 0.329 e. The topological polar surface area (TPSA) is 153 Å². The van der Waals surface area contributed by atoms with Crippen LogP contribution in [0.15, 0.2) is 94.8 Å². The molecule has 0 aliphatic rings. The molecule has 10 nitrogen and oxygen atoms in total. The molecule has 10 heteroatoms. The fraction of sp³-hybridized carbons (Fsp3) is 0.133. The number of carboxylic acids is 1. The summed E-state index contributed by atoms with van der Waals surface area (Å²) < 4.78 is 0.879. The number of hydrogen-bond acceptors (Lipinski definition) is 4. The first-order chi connectivity index (χ1) is 19.4. The van der Waals surface area contributed by atoms with E-state index in [9.17, 15) is 24.3 Å². The third-order valence-corrected chi connectivity index (χ3v) is 7.25. The Morgan fingerprint density at radius 3 is 1.88 bits per heavy atom. The first-order valence-corrected chi connectivity index (χ1v) is 12.8. The lowest BCUT2D eigenvalue weighted by Crippen LogP contribution is -2.50. The van der Waals surface area contributed by atoms with Gasteiger partial charge in [-0.05, 0) is 35.4 Å². The van der Waals surface area contributed by atoms with Gasteiger partial charge in [-0.3, -0.25) is 9.59 Å². The maximum atomic E-state index is 13.8. The quantitative estimate of drug-likeness (QED) is 0.203. The second-order valence-electron chi connectivity index (χ2n) is 9.69. The molecule has 3 heterocycles. The van der Waals surface area contributed by atoms with E-state index in [0.29, 0.717) is 11.1 Å². The van der Waals surface area contributed by atoms with E-state index in [1.807, 2.05) is 48.5 Å². The summed E-state index contributed by atoms with van der Waals surface area (Å²) in [6, 6.07) is 18.9. The molecule has 0 radical (unpaired) electrons. The fourth-order valence-electron chi connectivity index (χ4n) is 5.26. The van der Waals surface area contributed by atoms with Crippen LogP contribution in [0.2, 0.25) is 0 Å². The molecule has 6 aromatic rings. The minimum absolute atomic E-state index is 0.00781. The van der Waals surface area contributed by atoms with Gasteiger partial charge in [0.15, 0.2) is 0 Å². The van der Waals surface area contributed by atoms with E-state index in [0.717, 1.165) is 31.9 Å². The van der Waals surface area contributed by atoms with Gasteiger partial charge in [-0.2, -0.15) is 0 Å². The molecule has 200 valence electrons. The number of fused-ring (bicyclic) bond motifs is 3. The molecule has 0 aliphatic carbocycles. The van der Waals surface area contributed by atoms with E-state index in [2.05, 4.69) is 20.3 Å². The van der Waals surface area contributed by atoms with Crippen LogP contribution in [-0.4, -0.2) is 42.5 Å². The summed E-state index contributed by atoms with van der Waals surface area (Å²) in [7, 11) is 0. The van der Waals surface area contributed by atoms with Crippen molar-refractivity contribution >= 4 is 44.6 Å². The third-order valence-electron chi connectivity index (χ3n) is 7.25. The lowest BCUT2D eigenvalue weighted by molar-refractivity contribution is -0.142. The average Bonchev–Trinajstić information content (AvgIpc) is 3.56. The van der Waals surface area contributed by atoms with Crippen LogP contribution in [0.4, 0.5) is 0 Å². The van der Waals surface area contributed by atoms with Gasteiger partial charge in [-0.15, -0.1) is 0 Å². The highest BCUT2D eigenvalue weighted by atomic mass is 16.4. The average molecular weight is 536 g/mol. The van der Waals surface area contributed by atoms with Gasteiger partial charge in [0.1, 0.15) is 12.1 Å². The second-order valence-corrected chi connectivity index (χ2v) is 9.69. The van der Waals surface area contributed by atoms with E-state index in [4.69, 9.17) is 0 Å². The van der Waals surface area contributed by atoms with Crippen molar-refractivity contribution in [2.45, 2.75) is 24.9 Å². The molecule has 0 saturated carbocycles. The number of para-hydroxylation sites is 3. The van der Waals surface area contributed by atoms with Gasteiger partial charge >= 0.3 is 11.7 Å². The second kappa shape index (κ2) is 10.1. The summed E-state index contributed by atoms with van der Waals surface area (Å²) in [5.41, 5.74) is 2.06. The van der Waals surface area contributed by atoms with Crippen LogP contribution in [0.5, 0.6) is 0 Å². The highest BCUT2D eigenvalue weighted by molar-refractivity contribution is 5.89. The molecular weight excluding hydrogens is 510 g/mol. The first-order valence-electron chi connectivity index (χ1n) is 12.8. The van der Waals surface area contributed by atoms with Crippen LogP contribution in [0, 0.1) is 0 Å². The molecule has 6 rings (SSSR count). The largest absolute Gasteiger partial charge is 0.480 e. The molecule has 1 amide bonds. The number of rotatable bonds is 8. The van der Waals surface area contributed by atoms with Crippen molar-refractivity contribution in [2.75, 3.05) is 0 Å². The van der Waals surface area contributed by atoms with Gasteiger partial charge in [0.05, 0.1) is 10.9 Å². The molecule has 40 heavy (non-hydrogen) atoms. The molecule has 0 bridgehead atoms. The molecule has 3 aromatic heterocycles. The summed E-state index contributed by atoms with van der Waals surface area (Å²) in [6.07, 6.45) is 3.44. The Bertz CT molecular complexity index is 2010. The molecule has 0 aliphatic heterocycles. The number of H-pyrrole nitrogens is 3. The van der Waals surface area contributed by atoms with E-state index >= 15 is 0 Å². The Morgan fingerprint density at radius 2 is 1.27 bits per heavy atom. The highest BCUT2D eigenvalue weighted by Crippen LogP contribution is 2.23. The maximum Gasteiger partial charge on any atom is 0.329 e. The Hall–Kier alpha value is -5.38. The van der Waals surface area contributed by atoms with Crippen molar-refractivity contribution < 1.29 is 14.7 Å². The van der Waals surface area contributed by atoms with E-state index in [1.165, 1.54) is 0 Å². The van der Waals surface area contributed by atoms with Gasteiger partial charge < -0.3 is 25.4 Å². The number of aromatic amines is 3. The molecular formula is C30H25N5O5. The number of hydrogen-bond donors (Lipinski definition) is 5. The summed E-state index contributed by atoms with van der Waals surface area (Å²) in [4.78, 5) is 61.8. The fourth-order valence-corrected chi connectivity index (χ4v) is 5.26. The van der Waals surface area contributed by atoms with Crippen LogP contribution in [-0.2, 0) is 22.4 Å². The SMILES string of the molecule is O=C(O)C(Cc1c[nH]c2ccccc12)NC(=O)C(Cc1c[nH]c2ccccc12)n1c(=O)[nH]c2ccccc2c1=O. The van der Waals surface area contributed by atoms with E-state index < -0.39 is 35.2 Å². The number of aliphatic carboxylic acids is 1. The zero-order valence-electron chi connectivity index (χ0n) is 21.2. The van der Waals surface area contributed by atoms with Crippen molar-refractivity contribution in [3.8, 4) is 0 Å². The lowest BCUT2D eigenvalue weighted by Gasteiger charge is -2.22. The predicted molar refractivity (Wildman–Crippen MR) is 151 cm³/mol. The third kappa shape index (κ3) is 4.45. The number of amides is 1. The molecule has 2 unspecified atom stereocenters. The van der Waals surface area contributed by atoms with E-state index in [-0.39, 0.29) is 18.2 Å². The summed E-state index contributed by atoms with van der Waals surface area (Å²) in [5.74, 6) is -1.98. The Kier molecular flexibility index (Phi) is 6.27. The minimum atomic E-state index is -1.31. The molecule has 2 atom stereocenters. The van der Waals surface area contributed by atoms with Crippen molar-refractivity contribution in [1.29, 1.82) is 0 Å². The normalized spacial score (nSPS) is 13.0. The van der Waals surface area contributed by atoms with Crippen LogP contribution >= 0.6 is 0 Å². The lowest BCUT2D eigenvalue weighted by atomic mass is 10.0. The summed E-state index contributed by atoms with van der Waals surface area (Å²) in [6.45, 7) is 0. The van der Waals surface area contributed by atoms with Crippen LogP contribution < -0.4 is 16.6 Å². The molecule has 5 N–H and O–H groups in total. The zero-order valence-corrected chi connectivity index (χ0v) is 21.2. The molecule has 0 fully saturated rings. The summed E-state index contributed by atoms with van der Waals surface area (Å²) >= 11 is 0. The zero-order chi connectivity index (χ0) is 27.8. The summed E-state index contributed by atoms with van der Waals surface area (Å²) in [5, 5.41) is 14.6. The monoisotopic (exact) mass is 535 g/mol. The standard InChI is InChI=1S/C30H25N5O5/c36-27(33-25(29(38)39)13-17-15-31-22-10-4-1-7-19(17)22)26(14-18-16-32-23-11-5-2-8-20(18)23)35-28(37)21-9-3-6-12-24(21)34-30(35)40/h1-12,15-16,25-26,31-32H,13-14H2,(H,33,36)(H,34,40)(H,38,39). The highest BCUT2D eigenvalue weighted by Gasteiger charge is 2.30.